The van der Waals surface area contributed by atoms with Gasteiger partial charge in [-0.1, -0.05) is 23.8 Å². The Morgan fingerprint density at radius 3 is 2.44 bits per heavy atom. The number of sulfonamides is 1. The maximum absolute atomic E-state index is 13.7. The number of fused-ring (bicyclic) bond motifs is 1. The lowest BCUT2D eigenvalue weighted by Gasteiger charge is -2.26. The molecule has 0 unspecified atom stereocenters. The molecule has 9 heteroatoms. The van der Waals surface area contributed by atoms with E-state index in [0.29, 0.717) is 30.3 Å². The number of aryl methyl sites for hydroxylation is 2. The molecule has 36 heavy (non-hydrogen) atoms. The summed E-state index contributed by atoms with van der Waals surface area (Å²) in [4.78, 5) is 24.6. The summed E-state index contributed by atoms with van der Waals surface area (Å²) in [7, 11) is -3.56. The predicted molar refractivity (Wildman–Crippen MR) is 143 cm³/mol. The molecule has 0 aliphatic carbocycles. The van der Waals surface area contributed by atoms with Gasteiger partial charge in [-0.3, -0.25) is 14.7 Å². The van der Waals surface area contributed by atoms with Crippen LogP contribution in [0.5, 0.6) is 0 Å². The molecule has 1 saturated heterocycles. The number of hydrogen-bond acceptors (Lipinski definition) is 6. The second kappa shape index (κ2) is 10.1. The lowest BCUT2D eigenvalue weighted by molar-refractivity contribution is 0.0985. The summed E-state index contributed by atoms with van der Waals surface area (Å²) in [5.74, 6) is -0.242. The van der Waals surface area contributed by atoms with E-state index in [9.17, 15) is 13.2 Å². The molecule has 0 bridgehead atoms. The summed E-state index contributed by atoms with van der Waals surface area (Å²) in [5.41, 5.74) is 4.46. The highest BCUT2D eigenvalue weighted by molar-refractivity contribution is 7.89. The Morgan fingerprint density at radius 2 is 1.75 bits per heavy atom. The maximum atomic E-state index is 13.7. The third kappa shape index (κ3) is 4.91. The van der Waals surface area contributed by atoms with Crippen molar-refractivity contribution in [1.82, 2.24) is 14.3 Å². The fourth-order valence-corrected chi connectivity index (χ4v) is 6.92. The molecule has 186 valence electrons. The molecule has 1 aliphatic heterocycles. The molecule has 2 aromatic carbocycles. The van der Waals surface area contributed by atoms with E-state index in [1.807, 2.05) is 25.1 Å². The lowest BCUT2D eigenvalue weighted by atomic mass is 10.1. The van der Waals surface area contributed by atoms with Crippen molar-refractivity contribution >= 4 is 42.6 Å². The molecule has 1 fully saturated rings. The first kappa shape index (κ1) is 24.5. The largest absolute Gasteiger partial charge is 0.279 e. The van der Waals surface area contributed by atoms with Gasteiger partial charge in [0.15, 0.2) is 5.13 Å². The molecule has 7 nitrogen and oxygen atoms in total. The van der Waals surface area contributed by atoms with Crippen LogP contribution >= 0.6 is 11.3 Å². The number of carbonyl (C=O) groups excluding carboxylic acids is 1. The zero-order valence-electron chi connectivity index (χ0n) is 20.3. The van der Waals surface area contributed by atoms with E-state index in [-0.39, 0.29) is 10.8 Å². The third-order valence-electron chi connectivity index (χ3n) is 6.59. The highest BCUT2D eigenvalue weighted by Gasteiger charge is 2.27. The van der Waals surface area contributed by atoms with Crippen LogP contribution in [0.1, 0.15) is 46.3 Å². The van der Waals surface area contributed by atoms with Gasteiger partial charge in [-0.25, -0.2) is 13.4 Å². The van der Waals surface area contributed by atoms with Gasteiger partial charge in [-0.05, 0) is 85.8 Å². The van der Waals surface area contributed by atoms with E-state index in [1.165, 1.54) is 33.3 Å². The zero-order valence-corrected chi connectivity index (χ0v) is 22.0. The number of piperidine rings is 1. The van der Waals surface area contributed by atoms with Gasteiger partial charge in [-0.15, -0.1) is 0 Å². The van der Waals surface area contributed by atoms with Crippen molar-refractivity contribution in [1.29, 1.82) is 0 Å². The number of amides is 1. The molecular formula is C27H28N4O3S2. The Balaban J connectivity index is 1.48. The van der Waals surface area contributed by atoms with Gasteiger partial charge in [0.1, 0.15) is 0 Å². The average molecular weight is 521 g/mol. The average Bonchev–Trinajstić information content (AvgIpc) is 3.30. The van der Waals surface area contributed by atoms with Gasteiger partial charge in [0.25, 0.3) is 5.91 Å². The van der Waals surface area contributed by atoms with Crippen molar-refractivity contribution in [2.45, 2.75) is 44.6 Å². The molecule has 0 spiro atoms. The van der Waals surface area contributed by atoms with Crippen LogP contribution in [-0.4, -0.2) is 41.7 Å². The third-order valence-corrected chi connectivity index (χ3v) is 9.54. The molecule has 1 amide bonds. The van der Waals surface area contributed by atoms with E-state index in [0.717, 1.165) is 40.6 Å². The van der Waals surface area contributed by atoms with Gasteiger partial charge in [0.05, 0.1) is 21.7 Å². The van der Waals surface area contributed by atoms with E-state index in [1.54, 1.807) is 29.4 Å². The molecule has 3 heterocycles. The number of nitrogens with zero attached hydrogens (tertiary/aromatic N) is 4. The first-order valence-electron chi connectivity index (χ1n) is 12.0. The second-order valence-electron chi connectivity index (χ2n) is 9.14. The van der Waals surface area contributed by atoms with Crippen molar-refractivity contribution < 1.29 is 13.2 Å². The molecule has 4 aromatic rings. The van der Waals surface area contributed by atoms with Crippen LogP contribution in [0.2, 0.25) is 0 Å². The standard InChI is InChI=1S/C27H28N4O3S2/c1-19-15-24-25(16-20(19)2)35-27(29-24)31(18-21-7-6-12-28-17-21)26(32)22-8-10-23(11-9-22)36(33,34)30-13-4-3-5-14-30/h6-12,15-17H,3-5,13-14,18H2,1-2H3. The van der Waals surface area contributed by atoms with Gasteiger partial charge in [0, 0.05) is 31.0 Å². The Morgan fingerprint density at radius 1 is 1.03 bits per heavy atom. The zero-order chi connectivity index (χ0) is 25.3. The summed E-state index contributed by atoms with van der Waals surface area (Å²) in [6, 6.07) is 14.1. The van der Waals surface area contributed by atoms with Gasteiger partial charge >= 0.3 is 0 Å². The predicted octanol–water partition coefficient (Wildman–Crippen LogP) is 5.33. The number of rotatable bonds is 6. The number of thiazole rings is 1. The SMILES string of the molecule is Cc1cc2nc(N(Cc3cccnc3)C(=O)c3ccc(S(=O)(=O)N4CCCCC4)cc3)sc2cc1C. The Labute approximate surface area is 215 Å². The van der Waals surface area contributed by atoms with E-state index in [4.69, 9.17) is 4.98 Å². The van der Waals surface area contributed by atoms with E-state index in [2.05, 4.69) is 18.0 Å². The quantitative estimate of drug-likeness (QED) is 0.343. The first-order valence-corrected chi connectivity index (χ1v) is 14.3. The number of hydrogen-bond donors (Lipinski definition) is 0. The van der Waals surface area contributed by atoms with Crippen LogP contribution in [0.15, 0.2) is 65.8 Å². The summed E-state index contributed by atoms with van der Waals surface area (Å²) >= 11 is 1.47. The topological polar surface area (TPSA) is 83.5 Å². The minimum atomic E-state index is -3.56. The number of benzene rings is 2. The van der Waals surface area contributed by atoms with Crippen molar-refractivity contribution in [3.63, 3.8) is 0 Å². The lowest BCUT2D eigenvalue weighted by Crippen LogP contribution is -2.35. The van der Waals surface area contributed by atoms with Crippen molar-refractivity contribution in [3.05, 3.63) is 83.2 Å². The van der Waals surface area contributed by atoms with Crippen LogP contribution in [-0.2, 0) is 16.6 Å². The normalized spacial score (nSPS) is 14.7. The monoisotopic (exact) mass is 520 g/mol. The number of aromatic nitrogens is 2. The Kier molecular flexibility index (Phi) is 6.87. The molecule has 0 radical (unpaired) electrons. The van der Waals surface area contributed by atoms with Crippen molar-refractivity contribution in [2.75, 3.05) is 18.0 Å². The smallest absolute Gasteiger partial charge is 0.260 e. The van der Waals surface area contributed by atoms with Crippen LogP contribution in [0.25, 0.3) is 10.2 Å². The highest BCUT2D eigenvalue weighted by Crippen LogP contribution is 2.32. The van der Waals surface area contributed by atoms with Crippen LogP contribution in [0.3, 0.4) is 0 Å². The molecule has 0 N–H and O–H groups in total. The van der Waals surface area contributed by atoms with Crippen LogP contribution < -0.4 is 4.90 Å². The van der Waals surface area contributed by atoms with E-state index < -0.39 is 10.0 Å². The molecule has 0 saturated carbocycles. The number of pyridine rings is 1. The fourth-order valence-electron chi connectivity index (χ4n) is 4.36. The second-order valence-corrected chi connectivity index (χ2v) is 12.1. The van der Waals surface area contributed by atoms with Gasteiger partial charge in [0.2, 0.25) is 10.0 Å². The molecule has 2 aromatic heterocycles. The van der Waals surface area contributed by atoms with Crippen molar-refractivity contribution in [3.8, 4) is 0 Å². The Hall–Kier alpha value is -3.14. The van der Waals surface area contributed by atoms with Gasteiger partial charge < -0.3 is 0 Å². The van der Waals surface area contributed by atoms with Crippen molar-refractivity contribution in [2.24, 2.45) is 0 Å². The summed E-state index contributed by atoms with van der Waals surface area (Å²) < 4.78 is 28.6. The minimum Gasteiger partial charge on any atom is -0.279 e. The van der Waals surface area contributed by atoms with Crippen LogP contribution in [0, 0.1) is 13.8 Å². The Bertz CT molecular complexity index is 1450. The molecule has 5 rings (SSSR count). The molecule has 0 atom stereocenters. The molecule has 1 aliphatic rings. The summed E-state index contributed by atoms with van der Waals surface area (Å²) in [6.07, 6.45) is 6.23. The van der Waals surface area contributed by atoms with Crippen LogP contribution in [0.4, 0.5) is 5.13 Å². The fraction of sp³-hybridized carbons (Fsp3) is 0.296. The number of carbonyl (C=O) groups is 1. The molecular weight excluding hydrogens is 492 g/mol. The summed E-state index contributed by atoms with van der Waals surface area (Å²) in [5, 5.41) is 0.592. The minimum absolute atomic E-state index is 0.214. The first-order chi connectivity index (χ1) is 17.3. The van der Waals surface area contributed by atoms with E-state index >= 15 is 0 Å². The maximum Gasteiger partial charge on any atom is 0.260 e. The van der Waals surface area contributed by atoms with Gasteiger partial charge in [-0.2, -0.15) is 4.31 Å². The number of anilines is 1. The summed E-state index contributed by atoms with van der Waals surface area (Å²) in [6.45, 7) is 5.49. The highest BCUT2D eigenvalue weighted by atomic mass is 32.2.